The molecule has 86 valence electrons. The third-order valence-electron chi connectivity index (χ3n) is 2.91. The van der Waals surface area contributed by atoms with E-state index in [0.29, 0.717) is 6.54 Å². The number of hydrogen-bond acceptors (Lipinski definition) is 4. The normalized spacial score (nSPS) is 26.3. The van der Waals surface area contributed by atoms with Crippen molar-refractivity contribution in [2.24, 2.45) is 5.41 Å². The van der Waals surface area contributed by atoms with Crippen LogP contribution in [0.15, 0.2) is 0 Å². The van der Waals surface area contributed by atoms with Crippen LogP contribution >= 0.6 is 0 Å². The molecule has 15 heavy (non-hydrogen) atoms. The van der Waals surface area contributed by atoms with Gasteiger partial charge in [0.1, 0.15) is 0 Å². The van der Waals surface area contributed by atoms with Crippen LogP contribution < -0.4 is 5.32 Å². The molecule has 1 aliphatic heterocycles. The van der Waals surface area contributed by atoms with E-state index in [1.54, 1.807) is 7.05 Å². The Balaban J connectivity index is 2.51. The molecule has 5 nitrogen and oxygen atoms in total. The van der Waals surface area contributed by atoms with Gasteiger partial charge in [0, 0.05) is 13.6 Å². The van der Waals surface area contributed by atoms with Crippen molar-refractivity contribution in [1.82, 2.24) is 10.2 Å². The standard InChI is InChI=1S/C10H18N2O3/c1-10(9(14)11-2)4-5-12(7-10)6-8(13)15-3/h4-7H2,1-3H3,(H,11,14). The Kier molecular flexibility index (Phi) is 3.68. The first-order valence-corrected chi connectivity index (χ1v) is 5.03. The van der Waals surface area contributed by atoms with E-state index in [2.05, 4.69) is 10.1 Å². The summed E-state index contributed by atoms with van der Waals surface area (Å²) in [4.78, 5) is 24.6. The van der Waals surface area contributed by atoms with Crippen molar-refractivity contribution in [3.8, 4) is 0 Å². The molecule has 0 spiro atoms. The average molecular weight is 214 g/mol. The second-order valence-electron chi connectivity index (χ2n) is 4.18. The summed E-state index contributed by atoms with van der Waals surface area (Å²) < 4.78 is 4.59. The van der Waals surface area contributed by atoms with E-state index in [-0.39, 0.29) is 23.8 Å². The van der Waals surface area contributed by atoms with Crippen molar-refractivity contribution in [3.63, 3.8) is 0 Å². The molecule has 0 aromatic carbocycles. The molecule has 1 amide bonds. The van der Waals surface area contributed by atoms with Crippen LogP contribution in [0.2, 0.25) is 0 Å². The molecule has 0 aromatic heterocycles. The third-order valence-corrected chi connectivity index (χ3v) is 2.91. The zero-order valence-electron chi connectivity index (χ0n) is 9.50. The van der Waals surface area contributed by atoms with Crippen molar-refractivity contribution in [2.45, 2.75) is 13.3 Å². The molecule has 1 saturated heterocycles. The van der Waals surface area contributed by atoms with Gasteiger partial charge in [-0.1, -0.05) is 0 Å². The fraction of sp³-hybridized carbons (Fsp3) is 0.800. The van der Waals surface area contributed by atoms with E-state index in [1.807, 2.05) is 11.8 Å². The summed E-state index contributed by atoms with van der Waals surface area (Å²) >= 11 is 0. The van der Waals surface area contributed by atoms with E-state index < -0.39 is 0 Å². The summed E-state index contributed by atoms with van der Waals surface area (Å²) in [5, 5.41) is 2.65. The lowest BCUT2D eigenvalue weighted by Gasteiger charge is -2.22. The first-order chi connectivity index (χ1) is 7.01. The zero-order valence-corrected chi connectivity index (χ0v) is 9.50. The van der Waals surface area contributed by atoms with Crippen molar-refractivity contribution < 1.29 is 14.3 Å². The Morgan fingerprint density at radius 3 is 2.73 bits per heavy atom. The molecule has 0 radical (unpaired) electrons. The summed E-state index contributed by atoms with van der Waals surface area (Å²) in [6, 6.07) is 0. The quantitative estimate of drug-likeness (QED) is 0.650. The van der Waals surface area contributed by atoms with Gasteiger partial charge < -0.3 is 10.1 Å². The number of likely N-dealkylation sites (tertiary alicyclic amines) is 1. The predicted octanol–water partition coefficient (Wildman–Crippen LogP) is -0.383. The maximum atomic E-state index is 11.6. The number of esters is 1. The van der Waals surface area contributed by atoms with Crippen LogP contribution in [0.3, 0.4) is 0 Å². The number of nitrogens with one attached hydrogen (secondary N) is 1. The smallest absolute Gasteiger partial charge is 0.319 e. The van der Waals surface area contributed by atoms with Crippen LogP contribution in [0.4, 0.5) is 0 Å². The Morgan fingerprint density at radius 2 is 2.20 bits per heavy atom. The van der Waals surface area contributed by atoms with E-state index in [1.165, 1.54) is 7.11 Å². The van der Waals surface area contributed by atoms with E-state index in [0.717, 1.165) is 13.0 Å². The van der Waals surface area contributed by atoms with Gasteiger partial charge in [-0.2, -0.15) is 0 Å². The maximum absolute atomic E-state index is 11.6. The van der Waals surface area contributed by atoms with Crippen LogP contribution in [0, 0.1) is 5.41 Å². The molecule has 5 heteroatoms. The summed E-state index contributed by atoms with van der Waals surface area (Å²) in [6.45, 7) is 3.56. The summed E-state index contributed by atoms with van der Waals surface area (Å²) in [7, 11) is 3.01. The zero-order chi connectivity index (χ0) is 11.5. The number of nitrogens with zero attached hydrogens (tertiary/aromatic N) is 1. The van der Waals surface area contributed by atoms with Gasteiger partial charge in [-0.3, -0.25) is 14.5 Å². The fourth-order valence-electron chi connectivity index (χ4n) is 1.93. The second kappa shape index (κ2) is 4.61. The number of carbonyl (C=O) groups is 2. The van der Waals surface area contributed by atoms with E-state index >= 15 is 0 Å². The molecule has 1 atom stereocenters. The predicted molar refractivity (Wildman–Crippen MR) is 55.2 cm³/mol. The van der Waals surface area contributed by atoms with Crippen LogP contribution in [0.5, 0.6) is 0 Å². The number of ether oxygens (including phenoxy) is 1. The van der Waals surface area contributed by atoms with E-state index in [4.69, 9.17) is 0 Å². The highest BCUT2D eigenvalue weighted by molar-refractivity contribution is 5.82. The lowest BCUT2D eigenvalue weighted by atomic mass is 9.89. The Hall–Kier alpha value is -1.10. The molecule has 0 aromatic rings. The molecule has 1 heterocycles. The summed E-state index contributed by atoms with van der Waals surface area (Å²) in [6.07, 6.45) is 0.781. The SMILES string of the molecule is CNC(=O)C1(C)CCN(CC(=O)OC)C1. The molecular weight excluding hydrogens is 196 g/mol. The number of carbonyl (C=O) groups excluding carboxylic acids is 2. The highest BCUT2D eigenvalue weighted by Crippen LogP contribution is 2.29. The van der Waals surface area contributed by atoms with Gasteiger partial charge in [0.05, 0.1) is 19.1 Å². The van der Waals surface area contributed by atoms with Gasteiger partial charge in [0.25, 0.3) is 0 Å². The number of hydrogen-bond donors (Lipinski definition) is 1. The molecular formula is C10H18N2O3. The van der Waals surface area contributed by atoms with Gasteiger partial charge in [-0.05, 0) is 19.9 Å². The molecule has 0 bridgehead atoms. The maximum Gasteiger partial charge on any atom is 0.319 e. The Bertz CT molecular complexity index is 267. The minimum Gasteiger partial charge on any atom is -0.468 e. The Morgan fingerprint density at radius 1 is 1.53 bits per heavy atom. The van der Waals surface area contributed by atoms with Crippen LogP contribution in [-0.2, 0) is 14.3 Å². The highest BCUT2D eigenvalue weighted by atomic mass is 16.5. The number of rotatable bonds is 3. The topological polar surface area (TPSA) is 58.6 Å². The summed E-state index contributed by atoms with van der Waals surface area (Å²) in [5.74, 6) is -0.217. The van der Waals surface area contributed by atoms with E-state index in [9.17, 15) is 9.59 Å². The molecule has 1 unspecified atom stereocenters. The third kappa shape index (κ3) is 2.68. The van der Waals surface area contributed by atoms with Gasteiger partial charge in [0.15, 0.2) is 0 Å². The van der Waals surface area contributed by atoms with Crippen LogP contribution in [0.25, 0.3) is 0 Å². The van der Waals surface area contributed by atoms with Gasteiger partial charge in [-0.15, -0.1) is 0 Å². The van der Waals surface area contributed by atoms with Gasteiger partial charge in [-0.25, -0.2) is 0 Å². The largest absolute Gasteiger partial charge is 0.468 e. The lowest BCUT2D eigenvalue weighted by Crippen LogP contribution is -2.40. The molecule has 1 aliphatic rings. The van der Waals surface area contributed by atoms with Gasteiger partial charge in [0.2, 0.25) is 5.91 Å². The number of amides is 1. The van der Waals surface area contributed by atoms with Gasteiger partial charge >= 0.3 is 5.97 Å². The lowest BCUT2D eigenvalue weighted by molar-refractivity contribution is -0.142. The first kappa shape index (κ1) is 12.0. The fourth-order valence-corrected chi connectivity index (χ4v) is 1.93. The van der Waals surface area contributed by atoms with Crippen LogP contribution in [-0.4, -0.2) is 50.6 Å². The molecule has 1 rings (SSSR count). The molecule has 1 fully saturated rings. The first-order valence-electron chi connectivity index (χ1n) is 5.03. The average Bonchev–Trinajstić information content (AvgIpc) is 2.60. The molecule has 0 aliphatic carbocycles. The van der Waals surface area contributed by atoms with Crippen molar-refractivity contribution in [1.29, 1.82) is 0 Å². The van der Waals surface area contributed by atoms with Crippen LogP contribution in [0.1, 0.15) is 13.3 Å². The molecule has 0 saturated carbocycles. The highest BCUT2D eigenvalue weighted by Gasteiger charge is 2.40. The molecule has 1 N–H and O–H groups in total. The minimum atomic E-state index is -0.372. The number of methoxy groups -OCH3 is 1. The second-order valence-corrected chi connectivity index (χ2v) is 4.18. The van der Waals surface area contributed by atoms with Crippen molar-refractivity contribution in [3.05, 3.63) is 0 Å². The van der Waals surface area contributed by atoms with Crippen molar-refractivity contribution >= 4 is 11.9 Å². The van der Waals surface area contributed by atoms with Crippen molar-refractivity contribution in [2.75, 3.05) is 33.8 Å². The monoisotopic (exact) mass is 214 g/mol. The minimum absolute atomic E-state index is 0.0369. The Labute approximate surface area is 89.8 Å². The summed E-state index contributed by atoms with van der Waals surface area (Å²) in [5.41, 5.74) is -0.372.